The molecule has 33 heavy (non-hydrogen) atoms. The van der Waals surface area contributed by atoms with E-state index in [2.05, 4.69) is 13.8 Å². The average Bonchev–Trinajstić information content (AvgIpc) is 3.40. The minimum atomic E-state index is -0.603. The number of methoxy groups -OCH3 is 1. The largest absolute Gasteiger partial charge is 0.507 e. The van der Waals surface area contributed by atoms with E-state index in [0.717, 1.165) is 53.7 Å². The highest BCUT2D eigenvalue weighted by molar-refractivity contribution is 6.46. The summed E-state index contributed by atoms with van der Waals surface area (Å²) in [5, 5.41) is 11.6. The highest BCUT2D eigenvalue weighted by Crippen LogP contribution is 2.45. The van der Waals surface area contributed by atoms with Crippen molar-refractivity contribution in [3.63, 3.8) is 0 Å². The van der Waals surface area contributed by atoms with Crippen molar-refractivity contribution < 1.29 is 19.4 Å². The van der Waals surface area contributed by atoms with E-state index in [-0.39, 0.29) is 23.3 Å². The third-order valence-corrected chi connectivity index (χ3v) is 7.14. The van der Waals surface area contributed by atoms with E-state index in [1.54, 1.807) is 12.0 Å². The number of ether oxygens (including phenoxy) is 1. The smallest absolute Gasteiger partial charge is 0.295 e. The second-order valence-corrected chi connectivity index (χ2v) is 9.57. The van der Waals surface area contributed by atoms with Crippen LogP contribution in [-0.2, 0) is 9.59 Å². The van der Waals surface area contributed by atoms with Gasteiger partial charge in [0.05, 0.1) is 18.7 Å². The van der Waals surface area contributed by atoms with E-state index in [9.17, 15) is 14.7 Å². The van der Waals surface area contributed by atoms with Crippen LogP contribution in [0.1, 0.15) is 79.3 Å². The van der Waals surface area contributed by atoms with Gasteiger partial charge in [0.1, 0.15) is 11.5 Å². The van der Waals surface area contributed by atoms with Crippen LogP contribution in [0.2, 0.25) is 0 Å². The summed E-state index contributed by atoms with van der Waals surface area (Å²) in [6.45, 7) is 7.99. The van der Waals surface area contributed by atoms with Crippen molar-refractivity contribution in [1.82, 2.24) is 4.90 Å². The molecule has 1 aliphatic carbocycles. The van der Waals surface area contributed by atoms with E-state index < -0.39 is 17.7 Å². The van der Waals surface area contributed by atoms with Crippen LogP contribution >= 0.6 is 0 Å². The van der Waals surface area contributed by atoms with Crippen LogP contribution in [0.5, 0.6) is 5.75 Å². The lowest BCUT2D eigenvalue weighted by Gasteiger charge is -2.31. The minimum Gasteiger partial charge on any atom is -0.507 e. The number of aliphatic hydroxyl groups excluding tert-OH is 1. The fourth-order valence-corrected chi connectivity index (χ4v) is 5.33. The molecule has 1 saturated carbocycles. The Bertz CT molecular complexity index is 1120. The van der Waals surface area contributed by atoms with Crippen molar-refractivity contribution in [2.24, 2.45) is 0 Å². The van der Waals surface area contributed by atoms with Gasteiger partial charge in [-0.05, 0) is 67.0 Å². The Kier molecular flexibility index (Phi) is 6.33. The number of hydrogen-bond donors (Lipinski definition) is 1. The number of nitrogens with zero attached hydrogens (tertiary/aromatic N) is 1. The normalized spacial score (nSPS) is 20.8. The summed E-state index contributed by atoms with van der Waals surface area (Å²) in [6.07, 6.45) is 3.86. The minimum absolute atomic E-state index is 0.0135. The number of ketones is 1. The third kappa shape index (κ3) is 3.94. The number of likely N-dealkylation sites (tertiary alicyclic amines) is 1. The Hall–Kier alpha value is -3.08. The molecular formula is C28H33NO4. The maximum absolute atomic E-state index is 13.4. The van der Waals surface area contributed by atoms with Gasteiger partial charge in [-0.2, -0.15) is 0 Å². The first kappa shape index (κ1) is 23.1. The topological polar surface area (TPSA) is 66.8 Å². The number of aliphatic hydroxyl groups is 1. The summed E-state index contributed by atoms with van der Waals surface area (Å²) in [7, 11) is 1.63. The molecule has 0 spiro atoms. The Balaban J connectivity index is 1.95. The molecule has 5 heteroatoms. The van der Waals surface area contributed by atoms with Gasteiger partial charge in [0.2, 0.25) is 0 Å². The van der Waals surface area contributed by atoms with E-state index in [1.807, 2.05) is 50.2 Å². The first-order chi connectivity index (χ1) is 15.8. The Morgan fingerprint density at radius 2 is 1.73 bits per heavy atom. The second kappa shape index (κ2) is 9.05. The SMILES string of the molecule is COc1cc(C)c(/C(O)=C2\C(=O)C(=O)N(C3CCCC3)C2c2ccccc2C)cc1C(C)C. The standard InChI is InChI=1S/C28H33NO4/c1-16(2)21-15-22(18(4)14-23(21)33-5)26(30)24-25(20-13-9-6-10-17(20)3)29(28(32)27(24)31)19-11-7-8-12-19/h6,9-10,13-16,19,25,30H,7-8,11-12H2,1-5H3/b26-24+. The van der Waals surface area contributed by atoms with E-state index in [1.165, 1.54) is 0 Å². The molecule has 1 atom stereocenters. The van der Waals surface area contributed by atoms with Gasteiger partial charge in [-0.3, -0.25) is 9.59 Å². The van der Waals surface area contributed by atoms with Gasteiger partial charge in [0.15, 0.2) is 0 Å². The molecule has 1 heterocycles. The van der Waals surface area contributed by atoms with Gasteiger partial charge in [-0.1, -0.05) is 51.0 Å². The lowest BCUT2D eigenvalue weighted by Crippen LogP contribution is -2.37. The third-order valence-electron chi connectivity index (χ3n) is 7.14. The lowest BCUT2D eigenvalue weighted by molar-refractivity contribution is -0.141. The molecule has 2 aromatic rings. The first-order valence-corrected chi connectivity index (χ1v) is 11.8. The van der Waals surface area contributed by atoms with Gasteiger partial charge in [-0.25, -0.2) is 0 Å². The number of Topliss-reactive ketones (excluding diaryl/α,β-unsaturated/α-hetero) is 1. The summed E-state index contributed by atoms with van der Waals surface area (Å²) < 4.78 is 5.55. The number of carbonyl (C=O) groups is 2. The van der Waals surface area contributed by atoms with Crippen LogP contribution in [0.3, 0.4) is 0 Å². The molecule has 2 aromatic carbocycles. The van der Waals surface area contributed by atoms with Crippen LogP contribution in [-0.4, -0.2) is 34.8 Å². The Morgan fingerprint density at radius 1 is 1.06 bits per heavy atom. The molecule has 5 nitrogen and oxygen atoms in total. The number of carbonyl (C=O) groups excluding carboxylic acids is 2. The van der Waals surface area contributed by atoms with Crippen LogP contribution in [0.15, 0.2) is 42.0 Å². The maximum atomic E-state index is 13.4. The molecule has 1 amide bonds. The molecule has 1 unspecified atom stereocenters. The summed E-state index contributed by atoms with van der Waals surface area (Å²) in [5.74, 6) is -0.300. The summed E-state index contributed by atoms with van der Waals surface area (Å²) in [4.78, 5) is 28.4. The van der Waals surface area contributed by atoms with Crippen molar-refractivity contribution in [2.75, 3.05) is 7.11 Å². The summed E-state index contributed by atoms with van der Waals surface area (Å²) in [5.41, 5.74) is 4.38. The molecule has 174 valence electrons. The zero-order chi connectivity index (χ0) is 23.9. The quantitative estimate of drug-likeness (QED) is 0.357. The highest BCUT2D eigenvalue weighted by atomic mass is 16.5. The molecule has 2 aliphatic rings. The van der Waals surface area contributed by atoms with Gasteiger partial charge < -0.3 is 14.7 Å². The molecule has 0 bridgehead atoms. The van der Waals surface area contributed by atoms with Crippen LogP contribution < -0.4 is 4.74 Å². The van der Waals surface area contributed by atoms with E-state index >= 15 is 0 Å². The number of benzene rings is 2. The number of amides is 1. The summed E-state index contributed by atoms with van der Waals surface area (Å²) in [6, 6.07) is 11.0. The van der Waals surface area contributed by atoms with E-state index in [0.29, 0.717) is 5.56 Å². The predicted octanol–water partition coefficient (Wildman–Crippen LogP) is 5.80. The van der Waals surface area contributed by atoms with Crippen molar-refractivity contribution in [2.45, 2.75) is 71.4 Å². The van der Waals surface area contributed by atoms with Crippen LogP contribution in [0.4, 0.5) is 0 Å². The maximum Gasteiger partial charge on any atom is 0.295 e. The second-order valence-electron chi connectivity index (χ2n) is 9.57. The van der Waals surface area contributed by atoms with Crippen molar-refractivity contribution >= 4 is 17.4 Å². The van der Waals surface area contributed by atoms with Gasteiger partial charge in [0, 0.05) is 11.6 Å². The van der Waals surface area contributed by atoms with Crippen molar-refractivity contribution in [3.05, 3.63) is 69.8 Å². The number of aryl methyl sites for hydroxylation is 2. The van der Waals surface area contributed by atoms with Crippen LogP contribution in [0, 0.1) is 13.8 Å². The van der Waals surface area contributed by atoms with Gasteiger partial charge >= 0.3 is 0 Å². The molecule has 4 rings (SSSR count). The first-order valence-electron chi connectivity index (χ1n) is 11.8. The average molecular weight is 448 g/mol. The van der Waals surface area contributed by atoms with Gasteiger partial charge in [-0.15, -0.1) is 0 Å². The van der Waals surface area contributed by atoms with Crippen molar-refractivity contribution in [3.8, 4) is 5.75 Å². The number of hydrogen-bond acceptors (Lipinski definition) is 4. The van der Waals surface area contributed by atoms with Crippen molar-refractivity contribution in [1.29, 1.82) is 0 Å². The molecule has 0 aromatic heterocycles. The zero-order valence-electron chi connectivity index (χ0n) is 20.1. The fourth-order valence-electron chi connectivity index (χ4n) is 5.33. The highest BCUT2D eigenvalue weighted by Gasteiger charge is 2.49. The summed E-state index contributed by atoms with van der Waals surface area (Å²) >= 11 is 0. The van der Waals surface area contributed by atoms with E-state index in [4.69, 9.17) is 4.74 Å². The molecule has 1 saturated heterocycles. The van der Waals surface area contributed by atoms with Gasteiger partial charge in [0.25, 0.3) is 11.7 Å². The molecule has 1 N–H and O–H groups in total. The zero-order valence-corrected chi connectivity index (χ0v) is 20.1. The predicted molar refractivity (Wildman–Crippen MR) is 129 cm³/mol. The molecule has 0 radical (unpaired) electrons. The Morgan fingerprint density at radius 3 is 2.33 bits per heavy atom. The van der Waals surface area contributed by atoms with Crippen LogP contribution in [0.25, 0.3) is 5.76 Å². The lowest BCUT2D eigenvalue weighted by atomic mass is 9.89. The molecule has 2 fully saturated rings. The Labute approximate surface area is 196 Å². The fraction of sp³-hybridized carbons (Fsp3) is 0.429. The molecule has 1 aliphatic heterocycles. The monoisotopic (exact) mass is 447 g/mol. The number of rotatable bonds is 5. The molecular weight excluding hydrogens is 414 g/mol.